The Morgan fingerprint density at radius 2 is 1.77 bits per heavy atom. The van der Waals surface area contributed by atoms with Crippen molar-refractivity contribution in [1.29, 1.82) is 0 Å². The van der Waals surface area contributed by atoms with E-state index in [-0.39, 0.29) is 43.1 Å². The zero-order valence-corrected chi connectivity index (χ0v) is 28.6. The van der Waals surface area contributed by atoms with Gasteiger partial charge < -0.3 is 20.1 Å². The third kappa shape index (κ3) is 10.1. The number of carbonyl (C=O) groups excluding carboxylic acids is 5. The Morgan fingerprint density at radius 1 is 1.02 bits per heavy atom. The smallest absolute Gasteiger partial charge is 0.306 e. The number of nitrogens with one attached hydrogen (secondary N) is 3. The number of hydrogen-bond donors (Lipinski definition) is 3. The molecule has 3 amide bonds. The lowest BCUT2D eigenvalue weighted by Crippen LogP contribution is -2.61. The van der Waals surface area contributed by atoms with Gasteiger partial charge in [-0.3, -0.25) is 34.0 Å². The van der Waals surface area contributed by atoms with Crippen LogP contribution in [0.5, 0.6) is 0 Å². The van der Waals surface area contributed by atoms with Crippen molar-refractivity contribution in [2.75, 3.05) is 6.54 Å². The first-order chi connectivity index (χ1) is 22.9. The van der Waals surface area contributed by atoms with Crippen LogP contribution >= 0.6 is 0 Å². The number of nitrogens with zero attached hydrogens (tertiary/aromatic N) is 2. The van der Waals surface area contributed by atoms with Crippen LogP contribution in [0.15, 0.2) is 36.4 Å². The average molecular weight is 664 g/mol. The van der Waals surface area contributed by atoms with Gasteiger partial charge in [0, 0.05) is 24.8 Å². The molecule has 2 aliphatic heterocycles. The van der Waals surface area contributed by atoms with Crippen molar-refractivity contribution in [3.8, 4) is 0 Å². The summed E-state index contributed by atoms with van der Waals surface area (Å²) in [5, 5.41) is 8.03. The van der Waals surface area contributed by atoms with E-state index in [4.69, 9.17) is 14.5 Å². The van der Waals surface area contributed by atoms with E-state index in [0.29, 0.717) is 44.3 Å². The maximum Gasteiger partial charge on any atom is 0.306 e. The SMILES string of the molecule is CCCC(=O)O[C@H]1CC/C=C/c2ccc3ccc(nc3c2)[C@@H](C)NC(=O)[C@@H]2CCCN(N2)C(=O)[C@H](C)NC(=O)[C@H](C(C)C)OC(=O)CC1. The largest absolute Gasteiger partial charge is 0.462 e. The monoisotopic (exact) mass is 663 g/mol. The van der Waals surface area contributed by atoms with Crippen molar-refractivity contribution in [2.24, 2.45) is 5.92 Å². The molecule has 3 heterocycles. The first-order valence-electron chi connectivity index (χ1n) is 17.1. The van der Waals surface area contributed by atoms with E-state index < -0.39 is 42.1 Å². The van der Waals surface area contributed by atoms with Gasteiger partial charge in [-0.05, 0) is 76.0 Å². The number of amides is 3. The summed E-state index contributed by atoms with van der Waals surface area (Å²) in [7, 11) is 0. The molecular formula is C36H49N5O7. The molecule has 0 spiro atoms. The minimum atomic E-state index is -1.12. The zero-order valence-electron chi connectivity index (χ0n) is 28.6. The summed E-state index contributed by atoms with van der Waals surface area (Å²) < 4.78 is 11.3. The Labute approximate surface area is 282 Å². The highest BCUT2D eigenvalue weighted by molar-refractivity contribution is 5.91. The van der Waals surface area contributed by atoms with Gasteiger partial charge in [-0.1, -0.05) is 51.1 Å². The molecule has 260 valence electrons. The van der Waals surface area contributed by atoms with Crippen LogP contribution in [0.25, 0.3) is 17.0 Å². The third-order valence-corrected chi connectivity index (χ3v) is 8.55. The van der Waals surface area contributed by atoms with E-state index in [0.717, 1.165) is 16.5 Å². The van der Waals surface area contributed by atoms with Crippen LogP contribution in [0.4, 0.5) is 0 Å². The number of fused-ring (bicyclic) bond motifs is 4. The lowest BCUT2D eigenvalue weighted by Gasteiger charge is -2.35. The molecule has 0 saturated carbocycles. The predicted octanol–water partition coefficient (Wildman–Crippen LogP) is 4.28. The van der Waals surface area contributed by atoms with Gasteiger partial charge in [0.1, 0.15) is 18.2 Å². The molecule has 2 aliphatic rings. The standard InChI is InChI=1S/C36H49N5O7/c1-6-10-31(42)47-27-12-8-7-11-25-14-15-26-16-18-28(39-30(26)21-25)23(4)37-34(44)29-13-9-20-41(40-29)36(46)24(5)38-35(45)33(22(2)3)48-32(43)19-17-27/h7,11,14-16,18,21-24,27,29,33,40H,6,8-10,12-13,17,19-20H2,1-5H3,(H,37,44)(H,38,45)/b11-7+/t23-,24+,27+,29+,33+/m1/s1. The highest BCUT2D eigenvalue weighted by atomic mass is 16.6. The zero-order chi connectivity index (χ0) is 34.8. The second-order valence-electron chi connectivity index (χ2n) is 13.0. The fourth-order valence-corrected chi connectivity index (χ4v) is 5.79. The van der Waals surface area contributed by atoms with E-state index in [1.165, 1.54) is 5.01 Å². The number of pyridine rings is 1. The van der Waals surface area contributed by atoms with Gasteiger partial charge in [0.15, 0.2) is 6.10 Å². The number of rotatable bonds is 4. The molecular weight excluding hydrogens is 614 g/mol. The Balaban J connectivity index is 1.59. The van der Waals surface area contributed by atoms with Gasteiger partial charge in [0.05, 0.1) is 17.3 Å². The van der Waals surface area contributed by atoms with Crippen molar-refractivity contribution in [3.63, 3.8) is 0 Å². The molecule has 1 saturated heterocycles. The van der Waals surface area contributed by atoms with Crippen LogP contribution in [0, 0.1) is 5.92 Å². The molecule has 1 aromatic carbocycles. The molecule has 1 aromatic heterocycles. The van der Waals surface area contributed by atoms with Crippen molar-refractivity contribution >= 4 is 46.6 Å². The minimum absolute atomic E-state index is 0.0446. The van der Waals surface area contributed by atoms with Gasteiger partial charge in [-0.15, -0.1) is 0 Å². The highest BCUT2D eigenvalue weighted by Crippen LogP contribution is 2.21. The molecule has 48 heavy (non-hydrogen) atoms. The number of hydrogen-bond acceptors (Lipinski definition) is 9. The van der Waals surface area contributed by atoms with E-state index >= 15 is 0 Å². The fraction of sp³-hybridized carbons (Fsp3) is 0.556. The van der Waals surface area contributed by atoms with E-state index in [9.17, 15) is 24.0 Å². The number of aromatic nitrogens is 1. The van der Waals surface area contributed by atoms with Crippen molar-refractivity contribution in [2.45, 2.75) is 116 Å². The molecule has 12 nitrogen and oxygen atoms in total. The van der Waals surface area contributed by atoms with Crippen molar-refractivity contribution < 1.29 is 33.4 Å². The second kappa shape index (κ2) is 17.2. The van der Waals surface area contributed by atoms with Crippen LogP contribution < -0.4 is 16.1 Å². The molecule has 5 atom stereocenters. The number of carbonyl (C=O) groups is 5. The fourth-order valence-electron chi connectivity index (χ4n) is 5.79. The molecule has 3 N–H and O–H groups in total. The minimum Gasteiger partial charge on any atom is -0.462 e. The Hall–Kier alpha value is -4.32. The first kappa shape index (κ1) is 36.5. The highest BCUT2D eigenvalue weighted by Gasteiger charge is 2.34. The van der Waals surface area contributed by atoms with Crippen molar-refractivity contribution in [3.05, 3.63) is 47.7 Å². The molecule has 12 heteroatoms. The summed E-state index contributed by atoms with van der Waals surface area (Å²) in [6.45, 7) is 9.19. The number of benzene rings is 1. The predicted molar refractivity (Wildman–Crippen MR) is 181 cm³/mol. The summed E-state index contributed by atoms with van der Waals surface area (Å²) in [4.78, 5) is 70.0. The maximum absolute atomic E-state index is 13.3. The summed E-state index contributed by atoms with van der Waals surface area (Å²) >= 11 is 0. The van der Waals surface area contributed by atoms with Crippen LogP contribution in [0.3, 0.4) is 0 Å². The lowest BCUT2D eigenvalue weighted by atomic mass is 10.0. The Kier molecular flexibility index (Phi) is 13.1. The summed E-state index contributed by atoms with van der Waals surface area (Å²) in [6, 6.07) is 7.86. The van der Waals surface area contributed by atoms with Gasteiger partial charge in [-0.25, -0.2) is 5.43 Å². The van der Waals surface area contributed by atoms with E-state index in [1.807, 2.05) is 56.3 Å². The van der Waals surface area contributed by atoms with E-state index in [1.54, 1.807) is 20.8 Å². The quantitative estimate of drug-likeness (QED) is 0.407. The van der Waals surface area contributed by atoms with Gasteiger partial charge in [0.2, 0.25) is 5.91 Å². The van der Waals surface area contributed by atoms with Gasteiger partial charge in [-0.2, -0.15) is 0 Å². The molecule has 0 radical (unpaired) electrons. The van der Waals surface area contributed by atoms with Gasteiger partial charge >= 0.3 is 11.9 Å². The molecule has 4 rings (SSSR count). The number of hydrazine groups is 1. The number of esters is 2. The van der Waals surface area contributed by atoms with Crippen LogP contribution in [-0.2, 0) is 33.4 Å². The summed E-state index contributed by atoms with van der Waals surface area (Å²) in [5.41, 5.74) is 5.46. The Morgan fingerprint density at radius 3 is 2.52 bits per heavy atom. The van der Waals surface area contributed by atoms with Crippen LogP contribution in [0.2, 0.25) is 0 Å². The number of allylic oxidation sites excluding steroid dienone is 1. The summed E-state index contributed by atoms with van der Waals surface area (Å²) in [6.07, 6.45) is 5.73. The second-order valence-corrected chi connectivity index (χ2v) is 13.0. The molecule has 1 fully saturated rings. The lowest BCUT2D eigenvalue weighted by molar-refractivity contribution is -0.161. The topological polar surface area (TPSA) is 156 Å². The number of ether oxygens (including phenoxy) is 2. The normalized spacial score (nSPS) is 26.0. The maximum atomic E-state index is 13.3. The average Bonchev–Trinajstić information content (AvgIpc) is 3.06. The molecule has 2 aromatic rings. The van der Waals surface area contributed by atoms with Crippen LogP contribution in [-0.4, -0.2) is 70.5 Å². The third-order valence-electron chi connectivity index (χ3n) is 8.55. The summed E-state index contributed by atoms with van der Waals surface area (Å²) in [5.74, 6) is -2.53. The Bertz CT molecular complexity index is 1510. The number of cyclic esters (lactones) is 1. The molecule has 0 aliphatic carbocycles. The van der Waals surface area contributed by atoms with Crippen LogP contribution in [0.1, 0.15) is 103 Å². The first-order valence-corrected chi connectivity index (χ1v) is 17.1. The molecule has 5 bridgehead atoms. The van der Waals surface area contributed by atoms with Crippen molar-refractivity contribution in [1.82, 2.24) is 26.1 Å². The molecule has 0 unspecified atom stereocenters. The van der Waals surface area contributed by atoms with Gasteiger partial charge in [0.25, 0.3) is 11.8 Å². The van der Waals surface area contributed by atoms with E-state index in [2.05, 4.69) is 16.1 Å².